The zero-order valence-electron chi connectivity index (χ0n) is 15.6. The van der Waals surface area contributed by atoms with Gasteiger partial charge in [-0.25, -0.2) is 0 Å². The molecular weight excluding hydrogens is 376 g/mol. The normalized spacial score (nSPS) is 10.6. The molecule has 0 aliphatic heterocycles. The molecule has 0 unspecified atom stereocenters. The summed E-state index contributed by atoms with van der Waals surface area (Å²) < 4.78 is 1.70. The highest BCUT2D eigenvalue weighted by molar-refractivity contribution is 7.99. The van der Waals surface area contributed by atoms with Gasteiger partial charge in [-0.2, -0.15) is 5.10 Å². The van der Waals surface area contributed by atoms with Crippen LogP contribution in [-0.4, -0.2) is 20.6 Å². The highest BCUT2D eigenvalue weighted by Gasteiger charge is 2.13. The number of hydrogen-bond acceptors (Lipinski definition) is 5. The van der Waals surface area contributed by atoms with Gasteiger partial charge in [-0.1, -0.05) is 29.5 Å². The van der Waals surface area contributed by atoms with Crippen LogP contribution >= 0.6 is 11.8 Å². The number of nitrogens with zero attached hydrogens (tertiary/aromatic N) is 3. The molecule has 1 heterocycles. The first-order valence-electron chi connectivity index (χ1n) is 8.73. The molecule has 0 fully saturated rings. The summed E-state index contributed by atoms with van der Waals surface area (Å²) in [5.74, 6) is -0.222. The summed E-state index contributed by atoms with van der Waals surface area (Å²) in [6, 6.07) is 14.4. The Balaban J connectivity index is 1.72. The van der Waals surface area contributed by atoms with Crippen molar-refractivity contribution < 1.29 is 9.72 Å². The summed E-state index contributed by atoms with van der Waals surface area (Å²) in [5, 5.41) is 18.3. The van der Waals surface area contributed by atoms with Gasteiger partial charge in [0.25, 0.3) is 5.69 Å². The van der Waals surface area contributed by atoms with E-state index in [0.717, 1.165) is 16.2 Å². The molecule has 7 nitrogen and oxygen atoms in total. The number of anilines is 1. The Hall–Kier alpha value is -3.13. The standard InChI is InChI=1S/C20H20N4O3S/c1-14-3-5-18(6-4-14)28-19-12-16(11-17(13-19)24(26)27)21-20(25)8-10-23-9-7-15(2)22-23/h3-7,9,11-13H,8,10H2,1-2H3,(H,21,25). The van der Waals surface area contributed by atoms with Gasteiger partial charge < -0.3 is 5.32 Å². The topological polar surface area (TPSA) is 90.1 Å². The quantitative estimate of drug-likeness (QED) is 0.466. The zero-order chi connectivity index (χ0) is 20.1. The second-order valence-electron chi connectivity index (χ2n) is 6.41. The number of hydrogen-bond donors (Lipinski definition) is 1. The number of carbonyl (C=O) groups excluding carboxylic acids is 1. The average Bonchev–Trinajstić information content (AvgIpc) is 3.07. The fourth-order valence-electron chi connectivity index (χ4n) is 2.59. The van der Waals surface area contributed by atoms with Crippen LogP contribution in [0.5, 0.6) is 0 Å². The first-order chi connectivity index (χ1) is 13.4. The number of non-ortho nitro benzene ring substituents is 1. The molecule has 1 amide bonds. The van der Waals surface area contributed by atoms with Crippen LogP contribution in [0.15, 0.2) is 64.5 Å². The molecule has 1 aromatic heterocycles. The maximum atomic E-state index is 12.3. The lowest BCUT2D eigenvalue weighted by molar-refractivity contribution is -0.385. The molecule has 0 bridgehead atoms. The molecule has 1 N–H and O–H groups in total. The van der Waals surface area contributed by atoms with E-state index in [-0.39, 0.29) is 18.0 Å². The minimum atomic E-state index is -0.457. The molecule has 0 aliphatic carbocycles. The summed E-state index contributed by atoms with van der Waals surface area (Å²) in [7, 11) is 0. The highest BCUT2D eigenvalue weighted by atomic mass is 32.2. The number of benzene rings is 2. The minimum Gasteiger partial charge on any atom is -0.326 e. The number of amides is 1. The molecule has 0 spiro atoms. The number of aryl methyl sites for hydroxylation is 3. The van der Waals surface area contributed by atoms with Gasteiger partial charge in [-0.15, -0.1) is 0 Å². The van der Waals surface area contributed by atoms with E-state index in [1.165, 1.54) is 23.9 Å². The Kier molecular flexibility index (Phi) is 6.10. The lowest BCUT2D eigenvalue weighted by Gasteiger charge is -2.08. The molecule has 0 aliphatic rings. The molecule has 0 radical (unpaired) electrons. The number of rotatable bonds is 7. The van der Waals surface area contributed by atoms with E-state index in [1.807, 2.05) is 50.4 Å². The zero-order valence-corrected chi connectivity index (χ0v) is 16.4. The van der Waals surface area contributed by atoms with Gasteiger partial charge in [0.15, 0.2) is 0 Å². The van der Waals surface area contributed by atoms with E-state index in [2.05, 4.69) is 10.4 Å². The molecule has 3 rings (SSSR count). The van der Waals surface area contributed by atoms with Crippen molar-refractivity contribution in [3.63, 3.8) is 0 Å². The Labute approximate surface area is 166 Å². The molecule has 3 aromatic rings. The van der Waals surface area contributed by atoms with Crippen molar-refractivity contribution in [1.82, 2.24) is 9.78 Å². The Bertz CT molecular complexity index is 999. The van der Waals surface area contributed by atoms with Crippen molar-refractivity contribution in [3.05, 3.63) is 76.1 Å². The van der Waals surface area contributed by atoms with Gasteiger partial charge in [-0.3, -0.25) is 19.6 Å². The number of nitro benzene ring substituents is 1. The van der Waals surface area contributed by atoms with Crippen LogP contribution in [-0.2, 0) is 11.3 Å². The fourth-order valence-corrected chi connectivity index (χ4v) is 3.50. The lowest BCUT2D eigenvalue weighted by Crippen LogP contribution is -2.15. The Morgan fingerprint density at radius 3 is 2.54 bits per heavy atom. The lowest BCUT2D eigenvalue weighted by atomic mass is 10.2. The van der Waals surface area contributed by atoms with Gasteiger partial charge in [0.2, 0.25) is 5.91 Å². The molecule has 0 saturated carbocycles. The maximum absolute atomic E-state index is 12.3. The Morgan fingerprint density at radius 2 is 1.89 bits per heavy atom. The monoisotopic (exact) mass is 396 g/mol. The summed E-state index contributed by atoms with van der Waals surface area (Å²) in [6.45, 7) is 4.33. The van der Waals surface area contributed by atoms with E-state index < -0.39 is 4.92 Å². The van der Waals surface area contributed by atoms with Crippen molar-refractivity contribution in [2.24, 2.45) is 0 Å². The predicted molar refractivity (Wildman–Crippen MR) is 109 cm³/mol. The van der Waals surface area contributed by atoms with E-state index >= 15 is 0 Å². The van der Waals surface area contributed by atoms with Gasteiger partial charge >= 0.3 is 0 Å². The molecular formula is C20H20N4O3S. The second kappa shape index (κ2) is 8.71. The SMILES string of the molecule is Cc1ccc(Sc2cc(NC(=O)CCn3ccc(C)n3)cc([N+](=O)[O-])c2)cc1. The van der Waals surface area contributed by atoms with Crippen molar-refractivity contribution in [3.8, 4) is 0 Å². The van der Waals surface area contributed by atoms with Crippen LogP contribution in [0.1, 0.15) is 17.7 Å². The molecule has 0 saturated heterocycles. The first kappa shape index (κ1) is 19.6. The van der Waals surface area contributed by atoms with Crippen LogP contribution in [0, 0.1) is 24.0 Å². The highest BCUT2D eigenvalue weighted by Crippen LogP contribution is 2.33. The molecule has 28 heavy (non-hydrogen) atoms. The summed E-state index contributed by atoms with van der Waals surface area (Å²) in [5.41, 5.74) is 2.38. The van der Waals surface area contributed by atoms with E-state index in [9.17, 15) is 14.9 Å². The molecule has 0 atom stereocenters. The third-order valence-electron chi connectivity index (χ3n) is 3.98. The summed E-state index contributed by atoms with van der Waals surface area (Å²) in [4.78, 5) is 24.7. The third-order valence-corrected chi connectivity index (χ3v) is 4.96. The minimum absolute atomic E-state index is 0.0601. The summed E-state index contributed by atoms with van der Waals surface area (Å²) >= 11 is 1.41. The van der Waals surface area contributed by atoms with Crippen LogP contribution in [0.3, 0.4) is 0 Å². The summed E-state index contributed by atoms with van der Waals surface area (Å²) in [6.07, 6.45) is 2.04. The van der Waals surface area contributed by atoms with Crippen LogP contribution in [0.2, 0.25) is 0 Å². The van der Waals surface area contributed by atoms with Gasteiger partial charge in [0.1, 0.15) is 0 Å². The van der Waals surface area contributed by atoms with Crippen molar-refractivity contribution in [2.75, 3.05) is 5.32 Å². The fraction of sp³-hybridized carbons (Fsp3) is 0.200. The predicted octanol–water partition coefficient (Wildman–Crippen LogP) is 4.59. The number of nitrogens with one attached hydrogen (secondary N) is 1. The van der Waals surface area contributed by atoms with Gasteiger partial charge in [0, 0.05) is 46.8 Å². The second-order valence-corrected chi connectivity index (χ2v) is 7.55. The van der Waals surface area contributed by atoms with Gasteiger partial charge in [-0.05, 0) is 38.1 Å². The largest absolute Gasteiger partial charge is 0.326 e. The van der Waals surface area contributed by atoms with Crippen molar-refractivity contribution in [1.29, 1.82) is 0 Å². The van der Waals surface area contributed by atoms with E-state index in [1.54, 1.807) is 10.7 Å². The van der Waals surface area contributed by atoms with Crippen molar-refractivity contribution >= 4 is 29.0 Å². The van der Waals surface area contributed by atoms with E-state index in [0.29, 0.717) is 17.1 Å². The van der Waals surface area contributed by atoms with Crippen LogP contribution in [0.25, 0.3) is 0 Å². The first-order valence-corrected chi connectivity index (χ1v) is 9.54. The van der Waals surface area contributed by atoms with Crippen LogP contribution in [0.4, 0.5) is 11.4 Å². The Morgan fingerprint density at radius 1 is 1.14 bits per heavy atom. The molecule has 2 aromatic carbocycles. The maximum Gasteiger partial charge on any atom is 0.272 e. The smallest absolute Gasteiger partial charge is 0.272 e. The van der Waals surface area contributed by atoms with Crippen molar-refractivity contribution in [2.45, 2.75) is 36.6 Å². The third kappa shape index (κ3) is 5.43. The van der Waals surface area contributed by atoms with Crippen LogP contribution < -0.4 is 5.32 Å². The molecule has 8 heteroatoms. The van der Waals surface area contributed by atoms with Gasteiger partial charge in [0.05, 0.1) is 10.6 Å². The van der Waals surface area contributed by atoms with E-state index in [4.69, 9.17) is 0 Å². The average molecular weight is 396 g/mol. The number of nitro groups is 1. The molecule has 144 valence electrons. The number of carbonyl (C=O) groups is 1. The number of aromatic nitrogens is 2.